The number of hydrogen-bond acceptors (Lipinski definition) is 5. The monoisotopic (exact) mass is 344 g/mol. The average molecular weight is 345 g/mol. The van der Waals surface area contributed by atoms with E-state index >= 15 is 0 Å². The van der Waals surface area contributed by atoms with Gasteiger partial charge in [-0.2, -0.15) is 0 Å². The molecule has 1 amide bonds. The highest BCUT2D eigenvalue weighted by Gasteiger charge is 2.30. The van der Waals surface area contributed by atoms with Gasteiger partial charge in [0.05, 0.1) is 17.7 Å². The average Bonchev–Trinajstić information content (AvgIpc) is 2.80. The molecular weight excluding hydrogens is 328 g/mol. The maximum atomic E-state index is 11.9. The molecule has 1 N–H and O–H groups in total. The molecule has 1 aliphatic rings. The van der Waals surface area contributed by atoms with Crippen LogP contribution in [0.3, 0.4) is 0 Å². The summed E-state index contributed by atoms with van der Waals surface area (Å²) < 4.78 is 22.7. The molecule has 6 nitrogen and oxygen atoms in total. The van der Waals surface area contributed by atoms with Crippen molar-refractivity contribution in [2.24, 2.45) is 5.16 Å². The Bertz CT molecular complexity index is 658. The number of benzene rings is 1. The Labute approximate surface area is 134 Å². The van der Waals surface area contributed by atoms with E-state index in [1.165, 1.54) is 6.21 Å². The Kier molecular flexibility index (Phi) is 5.42. The second kappa shape index (κ2) is 7.11. The molecule has 8 heteroatoms. The molecule has 2 atom stereocenters. The molecule has 0 aromatic heterocycles. The van der Waals surface area contributed by atoms with Crippen molar-refractivity contribution in [2.45, 2.75) is 25.5 Å². The van der Waals surface area contributed by atoms with Crippen molar-refractivity contribution in [1.82, 2.24) is 5.32 Å². The highest BCUT2D eigenvalue weighted by Crippen LogP contribution is 2.12. The first kappa shape index (κ1) is 16.8. The lowest BCUT2D eigenvalue weighted by atomic mass is 10.2. The molecule has 120 valence electrons. The molecule has 22 heavy (non-hydrogen) atoms. The first-order valence-electron chi connectivity index (χ1n) is 6.81. The summed E-state index contributed by atoms with van der Waals surface area (Å²) in [7, 11) is -3.02. The van der Waals surface area contributed by atoms with Gasteiger partial charge in [0, 0.05) is 11.1 Å². The molecule has 0 bridgehead atoms. The summed E-state index contributed by atoms with van der Waals surface area (Å²) in [6.45, 7) is 1.55. The fraction of sp³-hybridized carbons (Fsp3) is 0.429. The van der Waals surface area contributed by atoms with E-state index in [1.807, 2.05) is 0 Å². The third kappa shape index (κ3) is 4.99. The SMILES string of the molecule is CC(O/N=C/c1ccc(Cl)cc1)C(=O)NC1CCS(=O)(=O)C1. The van der Waals surface area contributed by atoms with Gasteiger partial charge in [0.25, 0.3) is 5.91 Å². The number of amides is 1. The Hall–Kier alpha value is -1.60. The Morgan fingerprint density at radius 3 is 2.73 bits per heavy atom. The quantitative estimate of drug-likeness (QED) is 0.646. The van der Waals surface area contributed by atoms with Crippen LogP contribution in [0.1, 0.15) is 18.9 Å². The van der Waals surface area contributed by atoms with E-state index in [2.05, 4.69) is 10.5 Å². The summed E-state index contributed by atoms with van der Waals surface area (Å²) in [5, 5.41) is 7.03. The number of carbonyl (C=O) groups excluding carboxylic acids is 1. The Balaban J connectivity index is 1.80. The minimum Gasteiger partial charge on any atom is -0.383 e. The van der Waals surface area contributed by atoms with Crippen LogP contribution in [0.2, 0.25) is 5.02 Å². The molecule has 1 fully saturated rings. The van der Waals surface area contributed by atoms with Gasteiger partial charge >= 0.3 is 0 Å². The van der Waals surface area contributed by atoms with Gasteiger partial charge in [-0.05, 0) is 31.0 Å². The van der Waals surface area contributed by atoms with Crippen molar-refractivity contribution in [1.29, 1.82) is 0 Å². The number of oxime groups is 1. The summed E-state index contributed by atoms with van der Waals surface area (Å²) in [6, 6.07) is 6.63. The zero-order chi connectivity index (χ0) is 16.2. The predicted octanol–water partition coefficient (Wildman–Crippen LogP) is 1.38. The fourth-order valence-corrected chi connectivity index (χ4v) is 3.81. The Morgan fingerprint density at radius 1 is 1.45 bits per heavy atom. The fourth-order valence-electron chi connectivity index (χ4n) is 2.01. The lowest BCUT2D eigenvalue weighted by Gasteiger charge is -2.14. The molecule has 1 aromatic carbocycles. The number of nitrogens with zero attached hydrogens (tertiary/aromatic N) is 1. The molecule has 1 heterocycles. The van der Waals surface area contributed by atoms with Crippen LogP contribution >= 0.6 is 11.6 Å². The largest absolute Gasteiger partial charge is 0.383 e. The van der Waals surface area contributed by atoms with Crippen LogP contribution in [0.15, 0.2) is 29.4 Å². The van der Waals surface area contributed by atoms with Gasteiger partial charge in [0.2, 0.25) is 6.10 Å². The second-order valence-electron chi connectivity index (χ2n) is 5.14. The lowest BCUT2D eigenvalue weighted by Crippen LogP contribution is -2.41. The van der Waals surface area contributed by atoms with Crippen molar-refractivity contribution in [3.8, 4) is 0 Å². The zero-order valence-corrected chi connectivity index (χ0v) is 13.6. The minimum absolute atomic E-state index is 0.0144. The smallest absolute Gasteiger partial charge is 0.263 e. The molecule has 0 aliphatic carbocycles. The van der Waals surface area contributed by atoms with E-state index in [-0.39, 0.29) is 23.5 Å². The number of carbonyl (C=O) groups is 1. The summed E-state index contributed by atoms with van der Waals surface area (Å²) >= 11 is 5.77. The summed E-state index contributed by atoms with van der Waals surface area (Å²) in [5.74, 6) is -0.281. The number of rotatable bonds is 5. The molecule has 1 saturated heterocycles. The van der Waals surface area contributed by atoms with Crippen molar-refractivity contribution in [3.63, 3.8) is 0 Å². The van der Waals surface area contributed by atoms with Gasteiger partial charge in [-0.1, -0.05) is 28.9 Å². The number of sulfone groups is 1. The van der Waals surface area contributed by atoms with Crippen molar-refractivity contribution in [3.05, 3.63) is 34.9 Å². The van der Waals surface area contributed by atoms with Crippen LogP contribution in [-0.2, 0) is 19.5 Å². The topological polar surface area (TPSA) is 84.8 Å². The number of hydrogen-bond donors (Lipinski definition) is 1. The molecule has 1 aliphatic heterocycles. The second-order valence-corrected chi connectivity index (χ2v) is 7.81. The molecule has 1 aromatic rings. The molecule has 2 rings (SSSR count). The van der Waals surface area contributed by atoms with E-state index in [9.17, 15) is 13.2 Å². The van der Waals surface area contributed by atoms with E-state index in [1.54, 1.807) is 31.2 Å². The highest BCUT2D eigenvalue weighted by molar-refractivity contribution is 7.91. The van der Waals surface area contributed by atoms with E-state index < -0.39 is 15.9 Å². The van der Waals surface area contributed by atoms with Gasteiger partial charge in [0.1, 0.15) is 0 Å². The van der Waals surface area contributed by atoms with Gasteiger partial charge in [0.15, 0.2) is 9.84 Å². The molecule has 0 radical (unpaired) electrons. The van der Waals surface area contributed by atoms with Crippen molar-refractivity contribution >= 4 is 33.6 Å². The molecular formula is C14H17ClN2O4S. The third-order valence-corrected chi connectivity index (χ3v) is 5.26. The van der Waals surface area contributed by atoms with Crippen LogP contribution in [-0.4, -0.2) is 44.2 Å². The summed E-state index contributed by atoms with van der Waals surface area (Å²) in [6.07, 6.45) is 1.11. The van der Waals surface area contributed by atoms with E-state index in [0.29, 0.717) is 11.4 Å². The van der Waals surface area contributed by atoms with Crippen LogP contribution in [0.5, 0.6) is 0 Å². The first-order valence-corrected chi connectivity index (χ1v) is 9.01. The van der Waals surface area contributed by atoms with Gasteiger partial charge in [-0.15, -0.1) is 0 Å². The van der Waals surface area contributed by atoms with Crippen LogP contribution < -0.4 is 5.32 Å². The summed E-state index contributed by atoms with van der Waals surface area (Å²) in [4.78, 5) is 16.9. The standard InChI is InChI=1S/C14H17ClN2O4S/c1-10(14(18)17-13-6-7-22(19,20)9-13)21-16-8-11-2-4-12(15)5-3-11/h2-5,8,10,13H,6-7,9H2,1H3,(H,17,18)/b16-8+. The lowest BCUT2D eigenvalue weighted by molar-refractivity contribution is -0.132. The highest BCUT2D eigenvalue weighted by atomic mass is 35.5. The number of nitrogens with one attached hydrogen (secondary N) is 1. The van der Waals surface area contributed by atoms with Gasteiger partial charge in [-0.25, -0.2) is 8.42 Å². The maximum absolute atomic E-state index is 11.9. The number of halogens is 1. The van der Waals surface area contributed by atoms with Crippen molar-refractivity contribution < 1.29 is 18.0 Å². The minimum atomic E-state index is -3.02. The predicted molar refractivity (Wildman–Crippen MR) is 84.8 cm³/mol. The van der Waals surface area contributed by atoms with Crippen LogP contribution in [0.4, 0.5) is 0 Å². The van der Waals surface area contributed by atoms with E-state index in [4.69, 9.17) is 16.4 Å². The van der Waals surface area contributed by atoms with Gasteiger partial charge in [-0.3, -0.25) is 4.79 Å². The maximum Gasteiger partial charge on any atom is 0.263 e. The Morgan fingerprint density at radius 2 is 2.14 bits per heavy atom. The van der Waals surface area contributed by atoms with Gasteiger partial charge < -0.3 is 10.2 Å². The molecule has 0 spiro atoms. The molecule has 2 unspecified atom stereocenters. The molecule has 0 saturated carbocycles. The van der Waals surface area contributed by atoms with Crippen LogP contribution in [0, 0.1) is 0 Å². The zero-order valence-electron chi connectivity index (χ0n) is 12.0. The normalized spacial score (nSPS) is 21.6. The summed E-state index contributed by atoms with van der Waals surface area (Å²) in [5.41, 5.74) is 0.791. The van der Waals surface area contributed by atoms with Crippen molar-refractivity contribution in [2.75, 3.05) is 11.5 Å². The van der Waals surface area contributed by atoms with Crippen LogP contribution in [0.25, 0.3) is 0 Å². The first-order chi connectivity index (χ1) is 10.4. The van der Waals surface area contributed by atoms with E-state index in [0.717, 1.165) is 5.56 Å². The third-order valence-electron chi connectivity index (χ3n) is 3.24.